The Morgan fingerprint density at radius 1 is 1.05 bits per heavy atom. The molecule has 0 fully saturated rings. The van der Waals surface area contributed by atoms with Gasteiger partial charge in [0, 0.05) is 27.8 Å². The van der Waals surface area contributed by atoms with Crippen LogP contribution in [0.3, 0.4) is 0 Å². The van der Waals surface area contributed by atoms with E-state index in [1.165, 1.54) is 0 Å². The van der Waals surface area contributed by atoms with E-state index in [4.69, 9.17) is 0 Å². The van der Waals surface area contributed by atoms with Crippen LogP contribution in [0.1, 0.15) is 35.7 Å². The van der Waals surface area contributed by atoms with E-state index in [2.05, 4.69) is 28.2 Å². The van der Waals surface area contributed by atoms with Gasteiger partial charge in [-0.05, 0) is 45.6 Å². The molecule has 0 radical (unpaired) electrons. The Balaban J connectivity index is 2.01. The summed E-state index contributed by atoms with van der Waals surface area (Å²) in [5, 5.41) is 3.39. The molecular formula is C17H16BrNO. The topological polar surface area (TPSA) is 29.1 Å². The Morgan fingerprint density at radius 2 is 1.80 bits per heavy atom. The molecule has 20 heavy (non-hydrogen) atoms. The van der Waals surface area contributed by atoms with Gasteiger partial charge in [-0.25, -0.2) is 0 Å². The van der Waals surface area contributed by atoms with E-state index in [1.807, 2.05) is 36.4 Å². The van der Waals surface area contributed by atoms with E-state index in [0.29, 0.717) is 0 Å². The Bertz CT molecular complexity index is 679. The molecule has 0 amide bonds. The first-order valence-corrected chi connectivity index (χ1v) is 7.73. The Labute approximate surface area is 127 Å². The van der Waals surface area contributed by atoms with Crippen molar-refractivity contribution in [2.24, 2.45) is 0 Å². The highest BCUT2D eigenvalue weighted by Crippen LogP contribution is 2.40. The highest BCUT2D eigenvalue weighted by molar-refractivity contribution is 9.10. The number of rotatable bonds is 4. The Kier molecular flexibility index (Phi) is 3.62. The molecule has 0 bridgehead atoms. The number of unbranched alkanes of at least 4 members (excludes halogenated alkanes) is 1. The van der Waals surface area contributed by atoms with Crippen LogP contribution in [0.4, 0.5) is 5.69 Å². The molecule has 0 saturated heterocycles. The lowest BCUT2D eigenvalue weighted by Crippen LogP contribution is -2.03. The second-order valence-electron chi connectivity index (χ2n) is 5.03. The minimum Gasteiger partial charge on any atom is -0.384 e. The van der Waals surface area contributed by atoms with Gasteiger partial charge in [0.1, 0.15) is 0 Å². The first-order valence-electron chi connectivity index (χ1n) is 6.94. The van der Waals surface area contributed by atoms with Crippen molar-refractivity contribution < 1.29 is 4.79 Å². The Hall–Kier alpha value is -1.61. The average Bonchev–Trinajstić information content (AvgIpc) is 2.73. The van der Waals surface area contributed by atoms with Crippen molar-refractivity contribution >= 4 is 27.4 Å². The van der Waals surface area contributed by atoms with Crippen LogP contribution in [0.2, 0.25) is 0 Å². The number of benzene rings is 2. The van der Waals surface area contributed by atoms with Crippen molar-refractivity contribution in [3.8, 4) is 11.1 Å². The lowest BCUT2D eigenvalue weighted by Gasteiger charge is -2.10. The average molecular weight is 330 g/mol. The number of carbonyl (C=O) groups is 1. The summed E-state index contributed by atoms with van der Waals surface area (Å²) < 4.78 is 1.01. The van der Waals surface area contributed by atoms with E-state index in [0.717, 1.165) is 51.8 Å². The maximum atomic E-state index is 12.4. The molecule has 1 aliphatic carbocycles. The summed E-state index contributed by atoms with van der Waals surface area (Å²) in [5.41, 5.74) is 4.67. The van der Waals surface area contributed by atoms with Crippen molar-refractivity contribution in [1.29, 1.82) is 0 Å². The van der Waals surface area contributed by atoms with Crippen LogP contribution in [0.25, 0.3) is 11.1 Å². The lowest BCUT2D eigenvalue weighted by molar-refractivity contribution is 0.104. The molecule has 1 N–H and O–H groups in total. The fraction of sp³-hybridized carbons (Fsp3) is 0.235. The quantitative estimate of drug-likeness (QED) is 0.691. The number of fused-ring (bicyclic) bond motifs is 3. The number of halogens is 1. The minimum atomic E-state index is 0.127. The van der Waals surface area contributed by atoms with Gasteiger partial charge >= 0.3 is 0 Å². The monoisotopic (exact) mass is 329 g/mol. The molecule has 3 heteroatoms. The van der Waals surface area contributed by atoms with Gasteiger partial charge in [0.15, 0.2) is 5.78 Å². The SMILES string of the molecule is CCCCNc1cc2c(cc1Br)-c1ccccc1C2=O. The maximum absolute atomic E-state index is 12.4. The summed E-state index contributed by atoms with van der Waals surface area (Å²) in [5.74, 6) is 0.127. The highest BCUT2D eigenvalue weighted by atomic mass is 79.9. The summed E-state index contributed by atoms with van der Waals surface area (Å²) in [6, 6.07) is 11.8. The van der Waals surface area contributed by atoms with E-state index < -0.39 is 0 Å². The molecule has 0 saturated carbocycles. The molecule has 0 atom stereocenters. The van der Waals surface area contributed by atoms with E-state index >= 15 is 0 Å². The predicted octanol–water partition coefficient (Wildman–Crippen LogP) is 4.87. The second-order valence-corrected chi connectivity index (χ2v) is 5.89. The molecular weight excluding hydrogens is 314 g/mol. The van der Waals surface area contributed by atoms with Crippen molar-refractivity contribution in [2.75, 3.05) is 11.9 Å². The van der Waals surface area contributed by atoms with Gasteiger partial charge in [0.2, 0.25) is 0 Å². The number of hydrogen-bond acceptors (Lipinski definition) is 2. The van der Waals surface area contributed by atoms with Gasteiger partial charge in [0.25, 0.3) is 0 Å². The summed E-state index contributed by atoms with van der Waals surface area (Å²) in [6.45, 7) is 3.09. The first-order chi connectivity index (χ1) is 9.72. The summed E-state index contributed by atoms with van der Waals surface area (Å²) in [6.07, 6.45) is 2.28. The molecule has 0 unspecified atom stereocenters. The molecule has 2 nitrogen and oxygen atoms in total. The zero-order chi connectivity index (χ0) is 14.1. The van der Waals surface area contributed by atoms with Gasteiger partial charge in [-0.2, -0.15) is 0 Å². The third-order valence-electron chi connectivity index (χ3n) is 3.66. The molecule has 1 aliphatic rings. The normalized spacial score (nSPS) is 12.2. The second kappa shape index (κ2) is 5.41. The van der Waals surface area contributed by atoms with Gasteiger partial charge in [-0.1, -0.05) is 37.6 Å². The molecule has 0 heterocycles. The van der Waals surface area contributed by atoms with Gasteiger partial charge < -0.3 is 5.32 Å². The number of hydrogen-bond donors (Lipinski definition) is 1. The molecule has 2 aromatic carbocycles. The van der Waals surface area contributed by atoms with Crippen LogP contribution in [-0.4, -0.2) is 12.3 Å². The van der Waals surface area contributed by atoms with Crippen molar-refractivity contribution in [2.45, 2.75) is 19.8 Å². The summed E-state index contributed by atoms with van der Waals surface area (Å²) >= 11 is 3.60. The highest BCUT2D eigenvalue weighted by Gasteiger charge is 2.27. The van der Waals surface area contributed by atoms with Gasteiger partial charge in [-0.15, -0.1) is 0 Å². The van der Waals surface area contributed by atoms with E-state index in [9.17, 15) is 4.79 Å². The van der Waals surface area contributed by atoms with Crippen molar-refractivity contribution in [3.63, 3.8) is 0 Å². The van der Waals surface area contributed by atoms with Crippen molar-refractivity contribution in [1.82, 2.24) is 0 Å². The number of ketones is 1. The third-order valence-corrected chi connectivity index (χ3v) is 4.32. The molecule has 0 aliphatic heterocycles. The lowest BCUT2D eigenvalue weighted by atomic mass is 10.1. The molecule has 3 rings (SSSR count). The van der Waals surface area contributed by atoms with E-state index in [-0.39, 0.29) is 5.78 Å². The first kappa shape index (κ1) is 13.4. The molecule has 0 spiro atoms. The Morgan fingerprint density at radius 3 is 2.55 bits per heavy atom. The molecule has 102 valence electrons. The largest absolute Gasteiger partial charge is 0.384 e. The third kappa shape index (κ3) is 2.16. The maximum Gasteiger partial charge on any atom is 0.194 e. The number of anilines is 1. The van der Waals surface area contributed by atoms with Crippen LogP contribution < -0.4 is 5.32 Å². The standard InChI is InChI=1S/C17H16BrNO/c1-2-3-8-19-16-10-14-13(9-15(16)18)11-6-4-5-7-12(11)17(14)20/h4-7,9-10,19H,2-3,8H2,1H3. The van der Waals surface area contributed by atoms with Crippen LogP contribution >= 0.6 is 15.9 Å². The number of carbonyl (C=O) groups excluding carboxylic acids is 1. The summed E-state index contributed by atoms with van der Waals surface area (Å²) in [4.78, 5) is 12.4. The van der Waals surface area contributed by atoms with Crippen LogP contribution in [0.5, 0.6) is 0 Å². The molecule has 0 aromatic heterocycles. The minimum absolute atomic E-state index is 0.127. The van der Waals surface area contributed by atoms with Gasteiger partial charge in [-0.3, -0.25) is 4.79 Å². The fourth-order valence-corrected chi connectivity index (χ4v) is 3.06. The van der Waals surface area contributed by atoms with Crippen LogP contribution in [0, 0.1) is 0 Å². The van der Waals surface area contributed by atoms with Crippen molar-refractivity contribution in [3.05, 3.63) is 52.0 Å². The predicted molar refractivity (Wildman–Crippen MR) is 86.4 cm³/mol. The van der Waals surface area contributed by atoms with Crippen LogP contribution in [-0.2, 0) is 0 Å². The zero-order valence-corrected chi connectivity index (χ0v) is 13.0. The van der Waals surface area contributed by atoms with Crippen LogP contribution in [0.15, 0.2) is 40.9 Å². The zero-order valence-electron chi connectivity index (χ0n) is 11.4. The van der Waals surface area contributed by atoms with E-state index in [1.54, 1.807) is 0 Å². The molecule has 2 aromatic rings. The number of nitrogens with one attached hydrogen (secondary N) is 1. The fourth-order valence-electron chi connectivity index (χ4n) is 2.58. The smallest absolute Gasteiger partial charge is 0.194 e. The summed E-state index contributed by atoms with van der Waals surface area (Å²) in [7, 11) is 0. The van der Waals surface area contributed by atoms with Gasteiger partial charge in [0.05, 0.1) is 0 Å².